The Bertz CT molecular complexity index is 2830. The molecule has 0 radical (unpaired) electrons. The largest absolute Gasteiger partial charge is 0.456 e. The Morgan fingerprint density at radius 1 is 0.306 bits per heavy atom. The molecule has 0 unspecified atom stereocenters. The molecule has 0 N–H and O–H groups in total. The molecular formula is C46H29NO2. The minimum Gasteiger partial charge on any atom is -0.456 e. The van der Waals surface area contributed by atoms with Crippen LogP contribution in [0.1, 0.15) is 0 Å². The van der Waals surface area contributed by atoms with Gasteiger partial charge in [-0.25, -0.2) is 0 Å². The van der Waals surface area contributed by atoms with Gasteiger partial charge in [0.05, 0.1) is 5.69 Å². The third kappa shape index (κ3) is 4.51. The molecule has 8 aromatic carbocycles. The van der Waals surface area contributed by atoms with Gasteiger partial charge in [0, 0.05) is 44.4 Å². The summed E-state index contributed by atoms with van der Waals surface area (Å²) in [6, 6.07) is 62.1. The molecule has 3 nitrogen and oxygen atoms in total. The summed E-state index contributed by atoms with van der Waals surface area (Å²) in [7, 11) is 0. The lowest BCUT2D eigenvalue weighted by atomic mass is 9.95. The summed E-state index contributed by atoms with van der Waals surface area (Å²) in [5.41, 5.74) is 11.5. The van der Waals surface area contributed by atoms with Crippen LogP contribution in [-0.4, -0.2) is 0 Å². The van der Waals surface area contributed by atoms with Crippen LogP contribution in [0.4, 0.5) is 17.1 Å². The first-order valence-corrected chi connectivity index (χ1v) is 16.6. The molecule has 0 saturated heterocycles. The Labute approximate surface area is 282 Å². The fourth-order valence-electron chi connectivity index (χ4n) is 7.34. The zero-order valence-electron chi connectivity index (χ0n) is 26.5. The molecule has 10 rings (SSSR count). The first-order chi connectivity index (χ1) is 24.3. The van der Waals surface area contributed by atoms with Gasteiger partial charge in [0.25, 0.3) is 0 Å². The van der Waals surface area contributed by atoms with Crippen LogP contribution in [-0.2, 0) is 0 Å². The highest BCUT2D eigenvalue weighted by atomic mass is 16.3. The summed E-state index contributed by atoms with van der Waals surface area (Å²) in [6.07, 6.45) is 0. The predicted octanol–water partition coefficient (Wildman–Crippen LogP) is 13.4. The zero-order chi connectivity index (χ0) is 32.3. The number of hydrogen-bond donors (Lipinski definition) is 0. The smallest absolute Gasteiger partial charge is 0.137 e. The van der Waals surface area contributed by atoms with Gasteiger partial charge in [-0.15, -0.1) is 0 Å². The van der Waals surface area contributed by atoms with Crippen LogP contribution in [0.25, 0.3) is 76.9 Å². The quantitative estimate of drug-likeness (QED) is 0.190. The molecule has 49 heavy (non-hydrogen) atoms. The van der Waals surface area contributed by atoms with E-state index in [1.165, 1.54) is 22.1 Å². The van der Waals surface area contributed by atoms with Gasteiger partial charge in [-0.2, -0.15) is 0 Å². The lowest BCUT2D eigenvalue weighted by Crippen LogP contribution is -2.10. The Hall–Kier alpha value is -6.58. The number of hydrogen-bond acceptors (Lipinski definition) is 3. The van der Waals surface area contributed by atoms with Gasteiger partial charge in [-0.1, -0.05) is 115 Å². The second kappa shape index (κ2) is 11.0. The number of para-hydroxylation sites is 2. The van der Waals surface area contributed by atoms with Crippen LogP contribution in [0, 0.1) is 0 Å². The van der Waals surface area contributed by atoms with Gasteiger partial charge in [-0.05, 0) is 82.2 Å². The molecule has 0 fully saturated rings. The molecule has 230 valence electrons. The number of rotatable bonds is 5. The second-order valence-corrected chi connectivity index (χ2v) is 12.5. The van der Waals surface area contributed by atoms with Crippen LogP contribution in [0.2, 0.25) is 0 Å². The average Bonchev–Trinajstić information content (AvgIpc) is 3.73. The fourth-order valence-corrected chi connectivity index (χ4v) is 7.34. The van der Waals surface area contributed by atoms with Crippen LogP contribution >= 0.6 is 0 Å². The third-order valence-electron chi connectivity index (χ3n) is 9.68. The maximum absolute atomic E-state index is 6.38. The maximum Gasteiger partial charge on any atom is 0.137 e. The molecule has 2 aromatic heterocycles. The summed E-state index contributed by atoms with van der Waals surface area (Å²) in [4.78, 5) is 2.35. The topological polar surface area (TPSA) is 29.5 Å². The Morgan fingerprint density at radius 3 is 1.63 bits per heavy atom. The van der Waals surface area contributed by atoms with Gasteiger partial charge >= 0.3 is 0 Å². The first kappa shape index (κ1) is 27.5. The van der Waals surface area contributed by atoms with E-state index in [4.69, 9.17) is 8.83 Å². The molecule has 0 spiro atoms. The lowest BCUT2D eigenvalue weighted by Gasteiger charge is -2.27. The number of fused-ring (bicyclic) bond motifs is 7. The van der Waals surface area contributed by atoms with Gasteiger partial charge < -0.3 is 13.7 Å². The Balaban J connectivity index is 1.17. The SMILES string of the molecule is c1ccc(-c2ccc(N(c3ccc4c(c3)oc3ccccc34)c3ccc(-c4ccc5oc6ccccc6c5c4)c4ccccc34)cc2)cc1. The molecule has 0 saturated carbocycles. The van der Waals surface area contributed by atoms with E-state index in [1.54, 1.807) is 0 Å². The zero-order valence-corrected chi connectivity index (χ0v) is 26.5. The van der Waals surface area contributed by atoms with Gasteiger partial charge in [0.15, 0.2) is 0 Å². The van der Waals surface area contributed by atoms with E-state index in [1.807, 2.05) is 24.3 Å². The summed E-state index contributed by atoms with van der Waals surface area (Å²) in [6.45, 7) is 0. The number of nitrogens with zero attached hydrogens (tertiary/aromatic N) is 1. The molecule has 0 aliphatic rings. The van der Waals surface area contributed by atoms with Crippen molar-refractivity contribution in [3.05, 3.63) is 176 Å². The summed E-state index contributed by atoms with van der Waals surface area (Å²) < 4.78 is 12.5. The fraction of sp³-hybridized carbons (Fsp3) is 0. The van der Waals surface area contributed by atoms with Crippen molar-refractivity contribution in [2.24, 2.45) is 0 Å². The summed E-state index contributed by atoms with van der Waals surface area (Å²) >= 11 is 0. The standard InChI is InChI=1S/C46H29NO2/c1-2-10-30(11-3-1)31-18-21-33(22-19-31)47(34-23-24-40-38-14-6-8-16-43(38)49-46(40)29-34)42-26-25-35(36-12-4-5-13-37(36)42)32-20-27-45-41(28-32)39-15-7-9-17-44(39)48-45/h1-29H. The Morgan fingerprint density at radius 2 is 0.857 bits per heavy atom. The van der Waals surface area contributed by atoms with E-state index >= 15 is 0 Å². The number of anilines is 3. The molecule has 0 aliphatic carbocycles. The van der Waals surface area contributed by atoms with E-state index in [-0.39, 0.29) is 0 Å². The molecular weight excluding hydrogens is 599 g/mol. The molecule has 0 atom stereocenters. The van der Waals surface area contributed by atoms with Crippen molar-refractivity contribution < 1.29 is 8.83 Å². The monoisotopic (exact) mass is 627 g/mol. The predicted molar refractivity (Wildman–Crippen MR) is 204 cm³/mol. The minimum atomic E-state index is 0.867. The van der Waals surface area contributed by atoms with Gasteiger partial charge in [-0.3, -0.25) is 0 Å². The average molecular weight is 628 g/mol. The molecule has 0 bridgehead atoms. The molecule has 3 heteroatoms. The normalized spacial score (nSPS) is 11.7. The molecule has 2 heterocycles. The van der Waals surface area contributed by atoms with Crippen LogP contribution in [0.3, 0.4) is 0 Å². The Kier molecular flexibility index (Phi) is 6.18. The summed E-state index contributed by atoms with van der Waals surface area (Å²) in [5, 5.41) is 6.84. The number of benzene rings is 8. The van der Waals surface area contributed by atoms with E-state index in [0.717, 1.165) is 71.9 Å². The van der Waals surface area contributed by atoms with Crippen LogP contribution < -0.4 is 4.90 Å². The third-order valence-corrected chi connectivity index (χ3v) is 9.68. The second-order valence-electron chi connectivity index (χ2n) is 12.5. The van der Waals surface area contributed by atoms with E-state index in [9.17, 15) is 0 Å². The van der Waals surface area contributed by atoms with E-state index < -0.39 is 0 Å². The number of furan rings is 2. The highest BCUT2D eigenvalue weighted by Crippen LogP contribution is 2.44. The van der Waals surface area contributed by atoms with Crippen molar-refractivity contribution in [2.75, 3.05) is 4.90 Å². The molecule has 0 aliphatic heterocycles. The van der Waals surface area contributed by atoms with Crippen molar-refractivity contribution in [1.29, 1.82) is 0 Å². The van der Waals surface area contributed by atoms with Gasteiger partial charge in [0.2, 0.25) is 0 Å². The molecule has 0 amide bonds. The highest BCUT2D eigenvalue weighted by molar-refractivity contribution is 6.11. The van der Waals surface area contributed by atoms with Crippen molar-refractivity contribution in [1.82, 2.24) is 0 Å². The first-order valence-electron chi connectivity index (χ1n) is 16.6. The van der Waals surface area contributed by atoms with Crippen molar-refractivity contribution in [3.8, 4) is 22.3 Å². The van der Waals surface area contributed by atoms with E-state index in [0.29, 0.717) is 0 Å². The van der Waals surface area contributed by atoms with Crippen molar-refractivity contribution in [3.63, 3.8) is 0 Å². The van der Waals surface area contributed by atoms with Crippen LogP contribution in [0.15, 0.2) is 185 Å². The van der Waals surface area contributed by atoms with E-state index in [2.05, 4.69) is 157 Å². The molecule has 10 aromatic rings. The lowest BCUT2D eigenvalue weighted by molar-refractivity contribution is 0.668. The minimum absolute atomic E-state index is 0.867. The van der Waals surface area contributed by atoms with Gasteiger partial charge in [0.1, 0.15) is 22.3 Å². The van der Waals surface area contributed by atoms with Crippen LogP contribution in [0.5, 0.6) is 0 Å². The maximum atomic E-state index is 6.38. The highest BCUT2D eigenvalue weighted by Gasteiger charge is 2.20. The van der Waals surface area contributed by atoms with Crippen molar-refractivity contribution in [2.45, 2.75) is 0 Å². The van der Waals surface area contributed by atoms with Crippen molar-refractivity contribution >= 4 is 71.7 Å². The summed E-state index contributed by atoms with van der Waals surface area (Å²) in [5.74, 6) is 0.